The number of hydrogen-bond acceptors (Lipinski definition) is 4. The van der Waals surface area contributed by atoms with Gasteiger partial charge in [-0.25, -0.2) is 4.79 Å². The fraction of sp³-hybridized carbons (Fsp3) is 0.812. The zero-order valence-electron chi connectivity index (χ0n) is 13.9. The van der Waals surface area contributed by atoms with Gasteiger partial charge in [0.2, 0.25) is 5.91 Å². The highest BCUT2D eigenvalue weighted by Gasteiger charge is 2.20. The van der Waals surface area contributed by atoms with E-state index in [9.17, 15) is 14.4 Å². The molecule has 0 aliphatic carbocycles. The third kappa shape index (κ3) is 8.00. The summed E-state index contributed by atoms with van der Waals surface area (Å²) in [5.41, 5.74) is -0.480. The van der Waals surface area contributed by atoms with Gasteiger partial charge in [0.25, 0.3) is 0 Å². The van der Waals surface area contributed by atoms with E-state index in [-0.39, 0.29) is 11.7 Å². The Morgan fingerprint density at radius 2 is 1.77 bits per heavy atom. The summed E-state index contributed by atoms with van der Waals surface area (Å²) in [6.07, 6.45) is 3.61. The van der Waals surface area contributed by atoms with Gasteiger partial charge in [-0.15, -0.1) is 0 Å². The number of unbranched alkanes of at least 4 members (excludes halogenated alkanes) is 2. The fourth-order valence-electron chi connectivity index (χ4n) is 2.25. The van der Waals surface area contributed by atoms with Crippen LogP contribution in [-0.4, -0.2) is 47.9 Å². The number of alkyl carbamates (subject to hydrolysis) is 1. The zero-order valence-corrected chi connectivity index (χ0v) is 13.9. The molecule has 2 amide bonds. The summed E-state index contributed by atoms with van der Waals surface area (Å²) in [5, 5.41) is 2.70. The Morgan fingerprint density at radius 3 is 2.36 bits per heavy atom. The highest BCUT2D eigenvalue weighted by Crippen LogP contribution is 2.10. The van der Waals surface area contributed by atoms with E-state index >= 15 is 0 Å². The SMILES string of the molecule is CC(C)(C)OC(=O)NCCCCCC(=O)N1CCC(=O)CC1. The lowest BCUT2D eigenvalue weighted by atomic mass is 10.1. The molecule has 0 bridgehead atoms. The average molecular weight is 312 g/mol. The van der Waals surface area contributed by atoms with Crippen molar-refractivity contribution in [1.29, 1.82) is 0 Å². The minimum Gasteiger partial charge on any atom is -0.444 e. The first-order valence-electron chi connectivity index (χ1n) is 8.04. The van der Waals surface area contributed by atoms with E-state index in [1.54, 1.807) is 4.90 Å². The molecule has 0 radical (unpaired) electrons. The van der Waals surface area contributed by atoms with Crippen LogP contribution in [0.25, 0.3) is 0 Å². The third-order valence-corrected chi connectivity index (χ3v) is 3.41. The lowest BCUT2D eigenvalue weighted by molar-refractivity contribution is -0.134. The molecule has 0 aromatic carbocycles. The maximum absolute atomic E-state index is 11.9. The molecule has 0 aromatic rings. The smallest absolute Gasteiger partial charge is 0.407 e. The number of nitrogens with zero attached hydrogens (tertiary/aromatic N) is 1. The average Bonchev–Trinajstić information content (AvgIpc) is 2.41. The summed E-state index contributed by atoms with van der Waals surface area (Å²) in [4.78, 5) is 36.2. The maximum Gasteiger partial charge on any atom is 0.407 e. The lowest BCUT2D eigenvalue weighted by Crippen LogP contribution is -2.38. The topological polar surface area (TPSA) is 75.7 Å². The van der Waals surface area contributed by atoms with Gasteiger partial charge in [-0.05, 0) is 33.6 Å². The number of hydrogen-bond donors (Lipinski definition) is 1. The van der Waals surface area contributed by atoms with E-state index in [0.717, 1.165) is 19.3 Å². The van der Waals surface area contributed by atoms with Gasteiger partial charge in [0, 0.05) is 38.9 Å². The number of piperidine rings is 1. The second-order valence-corrected chi connectivity index (χ2v) is 6.66. The molecule has 6 nitrogen and oxygen atoms in total. The molecule has 1 saturated heterocycles. The highest BCUT2D eigenvalue weighted by atomic mass is 16.6. The van der Waals surface area contributed by atoms with Crippen molar-refractivity contribution in [2.75, 3.05) is 19.6 Å². The van der Waals surface area contributed by atoms with E-state index in [1.165, 1.54) is 0 Å². The molecule has 0 unspecified atom stereocenters. The van der Waals surface area contributed by atoms with Crippen LogP contribution in [0.2, 0.25) is 0 Å². The largest absolute Gasteiger partial charge is 0.444 e. The minimum atomic E-state index is -0.480. The second kappa shape index (κ2) is 8.76. The first kappa shape index (κ1) is 18.5. The van der Waals surface area contributed by atoms with E-state index in [0.29, 0.717) is 38.9 Å². The summed E-state index contributed by atoms with van der Waals surface area (Å²) < 4.78 is 5.13. The molecule has 22 heavy (non-hydrogen) atoms. The molecule has 126 valence electrons. The van der Waals surface area contributed by atoms with Gasteiger partial charge in [0.1, 0.15) is 11.4 Å². The van der Waals surface area contributed by atoms with Crippen molar-refractivity contribution in [3.05, 3.63) is 0 Å². The number of nitrogens with one attached hydrogen (secondary N) is 1. The number of Topliss-reactive ketones (excluding diaryl/α,β-unsaturated/α-hetero) is 1. The Morgan fingerprint density at radius 1 is 1.14 bits per heavy atom. The van der Waals surface area contributed by atoms with Crippen molar-refractivity contribution >= 4 is 17.8 Å². The predicted octanol–water partition coefficient (Wildman–Crippen LogP) is 2.26. The molecule has 6 heteroatoms. The normalized spacial score (nSPS) is 15.6. The van der Waals surface area contributed by atoms with Crippen LogP contribution in [0.15, 0.2) is 0 Å². The number of rotatable bonds is 6. The highest BCUT2D eigenvalue weighted by molar-refractivity contribution is 5.83. The maximum atomic E-state index is 11.9. The van der Waals surface area contributed by atoms with E-state index in [2.05, 4.69) is 5.32 Å². The molecule has 0 aromatic heterocycles. The Balaban J connectivity index is 2.02. The number of ketones is 1. The molecule has 1 N–H and O–H groups in total. The van der Waals surface area contributed by atoms with Gasteiger partial charge < -0.3 is 15.0 Å². The first-order chi connectivity index (χ1) is 10.3. The molecular weight excluding hydrogens is 284 g/mol. The van der Waals surface area contributed by atoms with Crippen molar-refractivity contribution in [2.24, 2.45) is 0 Å². The molecule has 0 atom stereocenters. The van der Waals surface area contributed by atoms with Crippen molar-refractivity contribution in [1.82, 2.24) is 10.2 Å². The predicted molar refractivity (Wildman–Crippen MR) is 83.5 cm³/mol. The molecule has 0 spiro atoms. The minimum absolute atomic E-state index is 0.132. The van der Waals surface area contributed by atoms with Crippen LogP contribution in [0, 0.1) is 0 Å². The van der Waals surface area contributed by atoms with Crippen LogP contribution in [0.4, 0.5) is 4.79 Å². The van der Waals surface area contributed by atoms with Crippen LogP contribution in [0.3, 0.4) is 0 Å². The zero-order chi connectivity index (χ0) is 16.6. The van der Waals surface area contributed by atoms with Crippen molar-refractivity contribution in [3.63, 3.8) is 0 Å². The van der Waals surface area contributed by atoms with Gasteiger partial charge in [-0.2, -0.15) is 0 Å². The van der Waals surface area contributed by atoms with Crippen molar-refractivity contribution < 1.29 is 19.1 Å². The van der Waals surface area contributed by atoms with Crippen molar-refractivity contribution in [3.8, 4) is 0 Å². The molecule has 1 fully saturated rings. The summed E-state index contributed by atoms with van der Waals surface area (Å²) in [5.74, 6) is 0.380. The Hall–Kier alpha value is -1.59. The first-order valence-corrected chi connectivity index (χ1v) is 8.04. The van der Waals surface area contributed by atoms with Gasteiger partial charge in [-0.1, -0.05) is 6.42 Å². The molecule has 1 aliphatic heterocycles. The number of carbonyl (C=O) groups is 3. The Kier molecular flexibility index (Phi) is 7.35. The lowest BCUT2D eigenvalue weighted by Gasteiger charge is -2.26. The van der Waals surface area contributed by atoms with E-state index in [1.807, 2.05) is 20.8 Å². The molecule has 1 aliphatic rings. The summed E-state index contributed by atoms with van der Waals surface area (Å²) in [7, 11) is 0. The molecular formula is C16H28N2O4. The van der Waals surface area contributed by atoms with Crippen LogP contribution < -0.4 is 5.32 Å². The molecule has 1 rings (SSSR count). The van der Waals surface area contributed by atoms with Crippen molar-refractivity contribution in [2.45, 2.75) is 64.9 Å². The number of ether oxygens (including phenoxy) is 1. The van der Waals surface area contributed by atoms with E-state index in [4.69, 9.17) is 4.74 Å². The van der Waals surface area contributed by atoms with Gasteiger partial charge >= 0.3 is 6.09 Å². The van der Waals surface area contributed by atoms with E-state index < -0.39 is 11.7 Å². The summed E-state index contributed by atoms with van der Waals surface area (Å²) >= 11 is 0. The van der Waals surface area contributed by atoms with Gasteiger partial charge in [0.15, 0.2) is 0 Å². The van der Waals surface area contributed by atoms with Crippen LogP contribution >= 0.6 is 0 Å². The van der Waals surface area contributed by atoms with Crippen LogP contribution in [0.1, 0.15) is 59.3 Å². The summed E-state index contributed by atoms with van der Waals surface area (Å²) in [6.45, 7) is 7.17. The monoisotopic (exact) mass is 312 g/mol. The van der Waals surface area contributed by atoms with Crippen LogP contribution in [-0.2, 0) is 14.3 Å². The number of amides is 2. The molecule has 0 saturated carbocycles. The fourth-order valence-corrected chi connectivity index (χ4v) is 2.25. The standard InChI is InChI=1S/C16H28N2O4/c1-16(2,3)22-15(21)17-10-6-4-5-7-14(20)18-11-8-13(19)9-12-18/h4-12H2,1-3H3,(H,17,21). The van der Waals surface area contributed by atoms with Gasteiger partial charge in [-0.3, -0.25) is 9.59 Å². The number of likely N-dealkylation sites (tertiary alicyclic amines) is 1. The number of carbonyl (C=O) groups excluding carboxylic acids is 3. The quantitative estimate of drug-likeness (QED) is 0.763. The van der Waals surface area contributed by atoms with Crippen LogP contribution in [0.5, 0.6) is 0 Å². The second-order valence-electron chi connectivity index (χ2n) is 6.66. The summed E-state index contributed by atoms with van der Waals surface area (Å²) in [6, 6.07) is 0. The molecule has 1 heterocycles. The third-order valence-electron chi connectivity index (χ3n) is 3.41. The Bertz CT molecular complexity index is 391. The Labute approximate surface area is 132 Å². The van der Waals surface area contributed by atoms with Gasteiger partial charge in [0.05, 0.1) is 0 Å².